The van der Waals surface area contributed by atoms with E-state index in [0.29, 0.717) is 16.5 Å². The van der Waals surface area contributed by atoms with Gasteiger partial charge < -0.3 is 0 Å². The Hall–Kier alpha value is -2.09. The molecule has 1 aliphatic carbocycles. The highest BCUT2D eigenvalue weighted by Crippen LogP contribution is 2.43. The predicted molar refractivity (Wildman–Crippen MR) is 97.0 cm³/mol. The molecule has 0 aliphatic heterocycles. The summed E-state index contributed by atoms with van der Waals surface area (Å²) < 4.78 is 0. The molecule has 4 aromatic rings. The lowest BCUT2D eigenvalue weighted by atomic mass is 9.93. The summed E-state index contributed by atoms with van der Waals surface area (Å²) in [5.74, 6) is 0.174. The van der Waals surface area contributed by atoms with Gasteiger partial charge in [-0.05, 0) is 50.7 Å². The summed E-state index contributed by atoms with van der Waals surface area (Å²) >= 11 is 12.6. The molecule has 0 saturated heterocycles. The van der Waals surface area contributed by atoms with Crippen LogP contribution in [0.5, 0.6) is 0 Å². The lowest BCUT2D eigenvalue weighted by Gasteiger charge is -2.12. The topological polar surface area (TPSA) is 17.1 Å². The smallest absolute Gasteiger partial charge is 0.167 e. The molecule has 0 heterocycles. The SMILES string of the molecule is O=C1Cc2cc3c(Cl)c(Cl)ccc3c3c2c1cc1ccccc13. The van der Waals surface area contributed by atoms with E-state index >= 15 is 0 Å². The van der Waals surface area contributed by atoms with Crippen LogP contribution in [0, 0.1) is 0 Å². The van der Waals surface area contributed by atoms with Gasteiger partial charge in [-0.25, -0.2) is 0 Å². The molecule has 1 aliphatic rings. The molecule has 0 bridgehead atoms. The average Bonchev–Trinajstić information content (AvgIpc) is 2.87. The maximum Gasteiger partial charge on any atom is 0.167 e. The highest BCUT2D eigenvalue weighted by Gasteiger charge is 2.25. The maximum absolute atomic E-state index is 12.5. The van der Waals surface area contributed by atoms with Crippen molar-refractivity contribution in [2.24, 2.45) is 0 Å². The molecule has 0 aromatic heterocycles. The molecule has 5 rings (SSSR count). The van der Waals surface area contributed by atoms with E-state index in [0.717, 1.165) is 43.4 Å². The number of hydrogen-bond donors (Lipinski definition) is 0. The fourth-order valence-electron chi connectivity index (χ4n) is 3.76. The van der Waals surface area contributed by atoms with E-state index in [1.807, 2.05) is 42.5 Å². The van der Waals surface area contributed by atoms with Crippen molar-refractivity contribution < 1.29 is 4.79 Å². The third-order valence-corrected chi connectivity index (χ3v) is 5.56. The van der Waals surface area contributed by atoms with Crippen molar-refractivity contribution in [1.82, 2.24) is 0 Å². The molecule has 0 atom stereocenters. The quantitative estimate of drug-likeness (QED) is 0.350. The summed E-state index contributed by atoms with van der Waals surface area (Å²) in [6.07, 6.45) is 0.431. The van der Waals surface area contributed by atoms with Crippen molar-refractivity contribution in [2.75, 3.05) is 0 Å². The van der Waals surface area contributed by atoms with Crippen LogP contribution >= 0.6 is 23.2 Å². The molecule has 3 heteroatoms. The molecule has 0 N–H and O–H groups in total. The van der Waals surface area contributed by atoms with E-state index in [2.05, 4.69) is 6.07 Å². The number of hydrogen-bond acceptors (Lipinski definition) is 1. The van der Waals surface area contributed by atoms with Crippen LogP contribution in [0.2, 0.25) is 10.0 Å². The molecule has 0 radical (unpaired) electrons. The van der Waals surface area contributed by atoms with Gasteiger partial charge in [-0.1, -0.05) is 53.5 Å². The zero-order valence-electron chi connectivity index (χ0n) is 12.0. The zero-order valence-corrected chi connectivity index (χ0v) is 13.5. The number of Topliss-reactive ketones (excluding diaryl/α,β-unsaturated/α-hetero) is 1. The van der Waals surface area contributed by atoms with Crippen LogP contribution in [0.15, 0.2) is 48.5 Å². The van der Waals surface area contributed by atoms with Gasteiger partial charge in [0.2, 0.25) is 0 Å². The van der Waals surface area contributed by atoms with Gasteiger partial charge in [0.1, 0.15) is 0 Å². The fourth-order valence-corrected chi connectivity index (χ4v) is 4.14. The van der Waals surface area contributed by atoms with E-state index in [4.69, 9.17) is 23.2 Å². The first-order chi connectivity index (χ1) is 11.1. The minimum Gasteiger partial charge on any atom is -0.294 e. The second-order valence-electron chi connectivity index (χ2n) is 5.99. The van der Waals surface area contributed by atoms with E-state index < -0.39 is 0 Å². The first kappa shape index (κ1) is 13.4. The number of rotatable bonds is 0. The van der Waals surface area contributed by atoms with Crippen molar-refractivity contribution in [3.63, 3.8) is 0 Å². The summed E-state index contributed by atoms with van der Waals surface area (Å²) in [6, 6.07) is 16.0. The van der Waals surface area contributed by atoms with E-state index in [9.17, 15) is 4.79 Å². The molecular weight excluding hydrogens is 327 g/mol. The Kier molecular flexibility index (Phi) is 2.60. The van der Waals surface area contributed by atoms with Gasteiger partial charge in [-0.2, -0.15) is 0 Å². The highest BCUT2D eigenvalue weighted by molar-refractivity contribution is 6.46. The van der Waals surface area contributed by atoms with Gasteiger partial charge in [-0.3, -0.25) is 4.79 Å². The monoisotopic (exact) mass is 336 g/mol. The van der Waals surface area contributed by atoms with Crippen LogP contribution in [0.25, 0.3) is 32.3 Å². The van der Waals surface area contributed by atoms with Crippen molar-refractivity contribution in [2.45, 2.75) is 6.42 Å². The standard InChI is InChI=1S/C20H10Cl2O/c21-16-6-5-13-14(20(16)22)8-11-9-17(23)15-7-10-3-1-2-4-12(10)19(13)18(11)15/h1-8H,9H2. The fraction of sp³-hybridized carbons (Fsp3) is 0.0500. The minimum absolute atomic E-state index is 0.174. The lowest BCUT2D eigenvalue weighted by Crippen LogP contribution is -1.93. The van der Waals surface area contributed by atoms with Crippen LogP contribution in [0.4, 0.5) is 0 Å². The third-order valence-electron chi connectivity index (χ3n) is 4.74. The van der Waals surface area contributed by atoms with E-state index in [1.54, 1.807) is 0 Å². The van der Waals surface area contributed by atoms with Crippen LogP contribution in [0.3, 0.4) is 0 Å². The van der Waals surface area contributed by atoms with Crippen LogP contribution in [0.1, 0.15) is 15.9 Å². The van der Waals surface area contributed by atoms with Gasteiger partial charge in [0.25, 0.3) is 0 Å². The molecule has 0 saturated carbocycles. The minimum atomic E-state index is 0.174. The molecular formula is C20H10Cl2O. The third kappa shape index (κ3) is 1.67. The number of benzene rings is 4. The van der Waals surface area contributed by atoms with Crippen LogP contribution in [-0.4, -0.2) is 5.78 Å². The molecule has 0 fully saturated rings. The van der Waals surface area contributed by atoms with E-state index in [1.165, 1.54) is 0 Å². The Labute approximate surface area is 142 Å². The van der Waals surface area contributed by atoms with Gasteiger partial charge in [0.15, 0.2) is 5.78 Å². The Morgan fingerprint density at radius 2 is 1.65 bits per heavy atom. The molecule has 110 valence electrons. The largest absolute Gasteiger partial charge is 0.294 e. The number of carbonyl (C=O) groups excluding carboxylic acids is 1. The van der Waals surface area contributed by atoms with Gasteiger partial charge in [-0.15, -0.1) is 0 Å². The summed E-state index contributed by atoms with van der Waals surface area (Å²) in [6.45, 7) is 0. The predicted octanol–water partition coefficient (Wildman–Crippen LogP) is 6.19. The highest BCUT2D eigenvalue weighted by atomic mass is 35.5. The normalized spacial score (nSPS) is 13.6. The van der Waals surface area contributed by atoms with Crippen LogP contribution < -0.4 is 0 Å². The summed E-state index contributed by atoms with van der Waals surface area (Å²) in [5, 5.41) is 7.45. The lowest BCUT2D eigenvalue weighted by molar-refractivity contribution is 0.1000. The van der Waals surface area contributed by atoms with Gasteiger partial charge in [0, 0.05) is 17.4 Å². The Morgan fingerprint density at radius 3 is 2.52 bits per heavy atom. The Bertz CT molecular complexity index is 1180. The second-order valence-corrected chi connectivity index (χ2v) is 6.77. The van der Waals surface area contributed by atoms with Crippen molar-refractivity contribution in [3.8, 4) is 0 Å². The summed E-state index contributed by atoms with van der Waals surface area (Å²) in [4.78, 5) is 12.5. The Morgan fingerprint density at radius 1 is 0.826 bits per heavy atom. The van der Waals surface area contributed by atoms with Crippen molar-refractivity contribution >= 4 is 61.3 Å². The maximum atomic E-state index is 12.5. The van der Waals surface area contributed by atoms with E-state index in [-0.39, 0.29) is 5.78 Å². The summed E-state index contributed by atoms with van der Waals surface area (Å²) in [7, 11) is 0. The number of carbonyl (C=O) groups is 1. The number of halogens is 2. The first-order valence-corrected chi connectivity index (χ1v) is 8.19. The van der Waals surface area contributed by atoms with Gasteiger partial charge in [0.05, 0.1) is 10.0 Å². The molecule has 0 unspecified atom stereocenters. The first-order valence-electron chi connectivity index (χ1n) is 7.43. The molecule has 4 aromatic carbocycles. The summed E-state index contributed by atoms with van der Waals surface area (Å²) in [5.41, 5.74) is 1.86. The second kappa shape index (κ2) is 4.47. The molecule has 23 heavy (non-hydrogen) atoms. The zero-order chi connectivity index (χ0) is 15.7. The van der Waals surface area contributed by atoms with Crippen LogP contribution in [-0.2, 0) is 6.42 Å². The molecule has 0 spiro atoms. The Balaban J connectivity index is 2.18. The number of ketones is 1. The van der Waals surface area contributed by atoms with Gasteiger partial charge >= 0.3 is 0 Å². The van der Waals surface area contributed by atoms with Crippen molar-refractivity contribution in [1.29, 1.82) is 0 Å². The average molecular weight is 337 g/mol. The molecule has 1 nitrogen and oxygen atoms in total. The molecule has 0 amide bonds. The number of fused-ring (bicyclic) bond motifs is 4. The van der Waals surface area contributed by atoms with Crippen molar-refractivity contribution in [3.05, 3.63) is 69.7 Å².